The Morgan fingerprint density at radius 2 is 1.61 bits per heavy atom. The van der Waals surface area contributed by atoms with E-state index >= 15 is 0 Å². The molecule has 28 heavy (non-hydrogen) atoms. The molecule has 9 heteroatoms. The van der Waals surface area contributed by atoms with Crippen LogP contribution >= 0.6 is 39.0 Å². The number of anilines is 2. The Bertz CT molecular complexity index is 962. The van der Waals surface area contributed by atoms with Gasteiger partial charge < -0.3 is 10.6 Å². The second-order valence-corrected chi connectivity index (χ2v) is 8.68. The van der Waals surface area contributed by atoms with Crippen molar-refractivity contribution >= 4 is 62.2 Å². The van der Waals surface area contributed by atoms with Crippen LogP contribution in [0.25, 0.3) is 0 Å². The number of halogens is 2. The molecule has 0 aliphatic rings. The lowest BCUT2D eigenvalue weighted by Crippen LogP contribution is -2.14. The van der Waals surface area contributed by atoms with Crippen molar-refractivity contribution in [3.63, 3.8) is 0 Å². The summed E-state index contributed by atoms with van der Waals surface area (Å²) in [6.45, 7) is 0. The van der Waals surface area contributed by atoms with Gasteiger partial charge in [-0.15, -0.1) is 11.3 Å². The fraction of sp³-hybridized carbons (Fsp3) is 0.105. The molecule has 0 unspecified atom stereocenters. The Kier molecular flexibility index (Phi) is 7.18. The van der Waals surface area contributed by atoms with Gasteiger partial charge in [-0.05, 0) is 48.5 Å². The van der Waals surface area contributed by atoms with Gasteiger partial charge in [-0.3, -0.25) is 9.59 Å². The number of nitrogens with zero attached hydrogens (tertiary/aromatic N) is 1. The minimum atomic E-state index is -0.355. The highest BCUT2D eigenvalue weighted by Crippen LogP contribution is 2.23. The average molecular weight is 480 g/mol. The lowest BCUT2D eigenvalue weighted by Gasteiger charge is -2.04. The van der Waals surface area contributed by atoms with E-state index in [4.69, 9.17) is 0 Å². The first-order valence-corrected chi connectivity index (χ1v) is 10.8. The first-order valence-electron chi connectivity index (χ1n) is 8.16. The summed E-state index contributed by atoms with van der Waals surface area (Å²) in [6.07, 6.45) is 0.162. The van der Waals surface area contributed by atoms with Gasteiger partial charge in [-0.1, -0.05) is 27.7 Å². The third kappa shape index (κ3) is 6.43. The highest BCUT2D eigenvalue weighted by molar-refractivity contribution is 9.10. The number of hydrogen-bond donors (Lipinski definition) is 2. The maximum absolute atomic E-state index is 12.9. The van der Waals surface area contributed by atoms with Crippen molar-refractivity contribution in [3.05, 3.63) is 69.9 Å². The molecule has 0 aliphatic heterocycles. The van der Waals surface area contributed by atoms with Crippen molar-refractivity contribution in [2.24, 2.45) is 0 Å². The molecule has 2 N–H and O–H groups in total. The van der Waals surface area contributed by atoms with Crippen molar-refractivity contribution in [3.8, 4) is 0 Å². The van der Waals surface area contributed by atoms with Gasteiger partial charge in [0.05, 0.1) is 17.9 Å². The van der Waals surface area contributed by atoms with E-state index in [1.807, 2.05) is 24.3 Å². The number of nitrogens with one attached hydrogen (secondary N) is 2. The van der Waals surface area contributed by atoms with Crippen LogP contribution in [0.2, 0.25) is 0 Å². The number of amides is 2. The molecule has 3 rings (SSSR count). The lowest BCUT2D eigenvalue weighted by atomic mass is 10.3. The van der Waals surface area contributed by atoms with Crippen LogP contribution in [0.1, 0.15) is 5.69 Å². The fourth-order valence-corrected chi connectivity index (χ4v) is 4.11. The van der Waals surface area contributed by atoms with E-state index in [-0.39, 0.29) is 29.8 Å². The van der Waals surface area contributed by atoms with E-state index in [0.717, 1.165) is 10.2 Å². The van der Waals surface area contributed by atoms with Crippen LogP contribution in [0, 0.1) is 5.82 Å². The molecule has 2 aromatic carbocycles. The minimum Gasteiger partial charge on any atom is -0.326 e. The van der Waals surface area contributed by atoms with Crippen molar-refractivity contribution in [2.45, 2.75) is 10.8 Å². The van der Waals surface area contributed by atoms with Gasteiger partial charge in [0.2, 0.25) is 11.8 Å². The molecule has 0 aliphatic carbocycles. The summed E-state index contributed by atoms with van der Waals surface area (Å²) >= 11 is 6.02. The van der Waals surface area contributed by atoms with Crippen molar-refractivity contribution < 1.29 is 14.0 Å². The topological polar surface area (TPSA) is 71.1 Å². The molecule has 0 radical (unpaired) electrons. The van der Waals surface area contributed by atoms with Gasteiger partial charge in [-0.25, -0.2) is 9.37 Å². The van der Waals surface area contributed by atoms with Gasteiger partial charge >= 0.3 is 0 Å². The van der Waals surface area contributed by atoms with Crippen LogP contribution in [0.4, 0.5) is 15.8 Å². The van der Waals surface area contributed by atoms with Crippen LogP contribution < -0.4 is 10.6 Å². The first-order chi connectivity index (χ1) is 13.5. The number of carbonyl (C=O) groups excluding carboxylic acids is 2. The Morgan fingerprint density at radius 1 is 1.00 bits per heavy atom. The van der Waals surface area contributed by atoms with E-state index in [2.05, 4.69) is 31.5 Å². The summed E-state index contributed by atoms with van der Waals surface area (Å²) in [6, 6.07) is 12.9. The van der Waals surface area contributed by atoms with E-state index in [0.29, 0.717) is 15.7 Å². The zero-order valence-corrected chi connectivity index (χ0v) is 17.7. The zero-order chi connectivity index (χ0) is 19.9. The Balaban J connectivity index is 1.45. The maximum atomic E-state index is 12.9. The fourth-order valence-electron chi connectivity index (χ4n) is 2.20. The maximum Gasteiger partial charge on any atom is 0.234 e. The number of hydrogen-bond acceptors (Lipinski definition) is 5. The Hall–Kier alpha value is -2.23. The van der Waals surface area contributed by atoms with Crippen LogP contribution in [0.5, 0.6) is 0 Å². The van der Waals surface area contributed by atoms with E-state index in [1.165, 1.54) is 47.4 Å². The second-order valence-electron chi connectivity index (χ2n) is 5.68. The zero-order valence-electron chi connectivity index (χ0n) is 14.4. The van der Waals surface area contributed by atoms with Gasteiger partial charge in [0.1, 0.15) is 5.82 Å². The molecule has 144 valence electrons. The smallest absolute Gasteiger partial charge is 0.234 e. The second kappa shape index (κ2) is 9.81. The number of benzene rings is 2. The highest BCUT2D eigenvalue weighted by Gasteiger charge is 2.10. The summed E-state index contributed by atoms with van der Waals surface area (Å²) in [7, 11) is 0. The molecule has 0 saturated carbocycles. The molecule has 0 atom stereocenters. The van der Waals surface area contributed by atoms with E-state index in [9.17, 15) is 14.0 Å². The normalized spacial score (nSPS) is 10.5. The number of thiazole rings is 1. The summed E-state index contributed by atoms with van der Waals surface area (Å²) in [5, 5.41) is 7.32. The predicted octanol–water partition coefficient (Wildman–Crippen LogP) is 4.96. The molecule has 0 saturated heterocycles. The molecule has 0 bridgehead atoms. The van der Waals surface area contributed by atoms with E-state index < -0.39 is 0 Å². The highest BCUT2D eigenvalue weighted by atomic mass is 79.9. The first kappa shape index (κ1) is 20.5. The summed E-state index contributed by atoms with van der Waals surface area (Å²) in [4.78, 5) is 28.5. The molecular formula is C19H15BrFN3O2S2. The number of aromatic nitrogens is 1. The quantitative estimate of drug-likeness (QED) is 0.470. The Labute approximate surface area is 177 Å². The summed E-state index contributed by atoms with van der Waals surface area (Å²) in [5.74, 6) is -0.540. The van der Waals surface area contributed by atoms with Crippen molar-refractivity contribution in [2.75, 3.05) is 16.4 Å². The summed E-state index contributed by atoms with van der Waals surface area (Å²) in [5.41, 5.74) is 1.91. The van der Waals surface area contributed by atoms with Gasteiger partial charge in [0.25, 0.3) is 0 Å². The molecule has 5 nitrogen and oxygen atoms in total. The standard InChI is InChI=1S/C19H15BrFN3O2S2/c20-12-1-5-14(6-2-12)22-17(25)9-16-10-27-19(24-16)28-11-18(26)23-15-7-3-13(21)4-8-15/h1-8,10H,9,11H2,(H,22,25)(H,23,26). The average Bonchev–Trinajstić information content (AvgIpc) is 3.11. The third-order valence-corrected chi connectivity index (χ3v) is 6.05. The van der Waals surface area contributed by atoms with Crippen LogP contribution in [-0.4, -0.2) is 22.6 Å². The van der Waals surface area contributed by atoms with E-state index in [1.54, 1.807) is 5.38 Å². The predicted molar refractivity (Wildman–Crippen MR) is 114 cm³/mol. The van der Waals surface area contributed by atoms with Gasteiger partial charge in [0, 0.05) is 21.2 Å². The van der Waals surface area contributed by atoms with Crippen LogP contribution in [0.15, 0.2) is 62.7 Å². The number of thioether (sulfide) groups is 1. The molecule has 2 amide bonds. The van der Waals surface area contributed by atoms with Crippen molar-refractivity contribution in [1.29, 1.82) is 0 Å². The largest absolute Gasteiger partial charge is 0.326 e. The van der Waals surface area contributed by atoms with Crippen molar-refractivity contribution in [1.82, 2.24) is 4.98 Å². The summed E-state index contributed by atoms with van der Waals surface area (Å²) < 4.78 is 14.5. The SMILES string of the molecule is O=C(CSc1nc(CC(=O)Nc2ccc(Br)cc2)cs1)Nc1ccc(F)cc1. The van der Waals surface area contributed by atoms with Crippen LogP contribution in [0.3, 0.4) is 0 Å². The molecule has 3 aromatic rings. The third-order valence-electron chi connectivity index (χ3n) is 3.46. The number of carbonyl (C=O) groups is 2. The molecule has 0 spiro atoms. The molecule has 1 heterocycles. The molecular weight excluding hydrogens is 465 g/mol. The molecule has 1 aromatic heterocycles. The minimum absolute atomic E-state index is 0.154. The van der Waals surface area contributed by atoms with Crippen LogP contribution in [-0.2, 0) is 16.0 Å². The van der Waals surface area contributed by atoms with Gasteiger partial charge in [0.15, 0.2) is 4.34 Å². The van der Waals surface area contributed by atoms with Gasteiger partial charge in [-0.2, -0.15) is 0 Å². The number of rotatable bonds is 7. The Morgan fingerprint density at radius 3 is 2.29 bits per heavy atom. The molecule has 0 fully saturated rings. The monoisotopic (exact) mass is 479 g/mol. The lowest BCUT2D eigenvalue weighted by molar-refractivity contribution is -0.116.